The summed E-state index contributed by atoms with van der Waals surface area (Å²) in [6.07, 6.45) is 5.15. The Hall–Kier alpha value is -11.9. The molecule has 13 aromatic rings. The van der Waals surface area contributed by atoms with Gasteiger partial charge in [0, 0.05) is 77.2 Å². The van der Waals surface area contributed by atoms with Gasteiger partial charge in [-0.3, -0.25) is 0 Å². The first-order valence-electron chi connectivity index (χ1n) is 35.4. The Bertz CT molecular complexity index is 5630. The van der Waals surface area contributed by atoms with Crippen LogP contribution in [0.5, 0.6) is 17.2 Å². The van der Waals surface area contributed by atoms with Crippen molar-refractivity contribution in [1.82, 2.24) is 0 Å². The van der Waals surface area contributed by atoms with Gasteiger partial charge in [-0.15, -0.1) is 0 Å². The minimum absolute atomic E-state index is 0. The molecule has 0 spiro atoms. The molecule has 0 saturated carbocycles. The Balaban J connectivity index is 0.000000157. The Labute approximate surface area is 687 Å². The molecule has 0 N–H and O–H groups in total. The van der Waals surface area contributed by atoms with Crippen LogP contribution in [0.1, 0.15) is 104 Å². The monoisotopic (exact) mass is 1670 g/mol. The van der Waals surface area contributed by atoms with Crippen LogP contribution < -0.4 is 33.1 Å². The molecule has 0 bridgehead atoms. The molecule has 2 aliphatic rings. The quantitative estimate of drug-likeness (QED) is 0.0342. The summed E-state index contributed by atoms with van der Waals surface area (Å²) in [6.45, 7) is 7.39. The number of furan rings is 1. The van der Waals surface area contributed by atoms with E-state index < -0.39 is 0 Å². The third-order valence-electron chi connectivity index (χ3n) is 16.8. The van der Waals surface area contributed by atoms with Gasteiger partial charge in [0.1, 0.15) is 75.1 Å². The first-order valence-corrected chi connectivity index (χ1v) is 38.1. The minimum Gasteiger partial charge on any atom is -0.493 e. The zero-order valence-corrected chi connectivity index (χ0v) is 65.1. The number of halogens is 10. The molecule has 15 heteroatoms. The van der Waals surface area contributed by atoms with E-state index in [9.17, 15) is 35.1 Å². The number of alkyl halides is 2. The summed E-state index contributed by atoms with van der Waals surface area (Å²) in [5.41, 5.74) is 16.1. The number of unbranched alkanes of at least 4 members (excludes halogenated alkanes) is 1. The Morgan fingerprint density at radius 1 is 0.442 bits per heavy atom. The molecule has 0 unspecified atom stereocenters. The molecule has 113 heavy (non-hydrogen) atoms. The summed E-state index contributed by atoms with van der Waals surface area (Å²) in [6, 6.07) is 73.9. The van der Waals surface area contributed by atoms with Crippen molar-refractivity contribution in [2.75, 3.05) is 29.6 Å². The van der Waals surface area contributed by atoms with Crippen LogP contribution in [0.4, 0.5) is 35.1 Å². The molecule has 15 rings (SSSR count). The largest absolute Gasteiger partial charge is 1.00 e. The van der Waals surface area contributed by atoms with Crippen molar-refractivity contribution in [2.45, 2.75) is 26.2 Å². The summed E-state index contributed by atoms with van der Waals surface area (Å²) >= 11 is 5.58. The Kier molecular flexibility index (Phi) is 31.4. The van der Waals surface area contributed by atoms with Crippen molar-refractivity contribution in [3.05, 3.63) is 404 Å². The molecule has 2 heterocycles. The van der Waals surface area contributed by atoms with E-state index >= 15 is 0 Å². The maximum absolute atomic E-state index is 13.5. The Morgan fingerprint density at radius 2 is 0.823 bits per heavy atom. The van der Waals surface area contributed by atoms with E-state index in [0.29, 0.717) is 92.5 Å². The molecule has 0 fully saturated rings. The van der Waals surface area contributed by atoms with Crippen LogP contribution in [0, 0.1) is 113 Å². The van der Waals surface area contributed by atoms with Crippen molar-refractivity contribution in [2.24, 2.45) is 0 Å². The zero-order chi connectivity index (χ0) is 78.6. The maximum atomic E-state index is 13.5. The van der Waals surface area contributed by atoms with Crippen molar-refractivity contribution < 1.29 is 72.6 Å². The molecule has 4 nitrogen and oxygen atoms in total. The minimum atomic E-state index is -0.308. The van der Waals surface area contributed by atoms with Crippen molar-refractivity contribution >= 4 is 72.3 Å². The van der Waals surface area contributed by atoms with Gasteiger partial charge in [0.25, 0.3) is 0 Å². The molecule has 12 aromatic carbocycles. The van der Waals surface area contributed by atoms with Crippen LogP contribution in [0.15, 0.2) is 277 Å². The van der Waals surface area contributed by atoms with Crippen LogP contribution in [0.25, 0.3) is 45.1 Å². The van der Waals surface area contributed by atoms with Crippen LogP contribution in [-0.4, -0.2) is 29.6 Å². The molecule has 0 radical (unpaired) electrons. The smallest absolute Gasteiger partial charge is 0.493 e. The fourth-order valence-corrected chi connectivity index (χ4v) is 11.7. The van der Waals surface area contributed by atoms with Gasteiger partial charge in [-0.1, -0.05) is 166 Å². The normalized spacial score (nSPS) is 11.3. The van der Waals surface area contributed by atoms with Gasteiger partial charge in [0.05, 0.1) is 30.9 Å². The summed E-state index contributed by atoms with van der Waals surface area (Å²) in [7, 11) is 0. The number of ether oxygens (including phenoxy) is 3. The second kappa shape index (κ2) is 42.5. The van der Waals surface area contributed by atoms with Crippen LogP contribution in [0.2, 0.25) is 0 Å². The Morgan fingerprint density at radius 3 is 1.26 bits per heavy atom. The number of benzene rings is 12. The van der Waals surface area contributed by atoms with Crippen LogP contribution in [0.3, 0.4) is 0 Å². The number of hydrogen-bond donors (Lipinski definition) is 0. The van der Waals surface area contributed by atoms with E-state index in [4.69, 9.17) is 18.6 Å². The average molecular weight is 1670 g/mol. The van der Waals surface area contributed by atoms with E-state index in [1.165, 1.54) is 109 Å². The molecule has 554 valence electrons. The van der Waals surface area contributed by atoms with E-state index in [0.717, 1.165) is 78.5 Å². The summed E-state index contributed by atoms with van der Waals surface area (Å²) < 4.78 is 129. The van der Waals surface area contributed by atoms with Gasteiger partial charge in [-0.25, -0.2) is 35.1 Å². The predicted molar refractivity (Wildman–Crippen MR) is 444 cm³/mol. The number of fused-ring (bicyclic) bond motifs is 1. The molecule has 0 saturated heterocycles. The van der Waals surface area contributed by atoms with Crippen LogP contribution >= 0.6 is 38.5 Å². The summed E-state index contributed by atoms with van der Waals surface area (Å²) in [5.74, 6) is 31.1. The third-order valence-corrected chi connectivity index (χ3v) is 17.6. The molecule has 1 aliphatic carbocycles. The van der Waals surface area contributed by atoms with E-state index in [-0.39, 0.29) is 65.4 Å². The van der Waals surface area contributed by atoms with E-state index in [1.54, 1.807) is 84.9 Å². The fraction of sp³-hybridized carbons (Fsp3) is 0.0918. The molecule has 0 amide bonds. The van der Waals surface area contributed by atoms with Crippen LogP contribution in [-0.2, 0) is 0 Å². The van der Waals surface area contributed by atoms with E-state index in [2.05, 4.69) is 124 Å². The van der Waals surface area contributed by atoms with Gasteiger partial charge in [-0.05, 0) is 258 Å². The van der Waals surface area contributed by atoms with Gasteiger partial charge in [0.15, 0.2) is 0 Å². The van der Waals surface area contributed by atoms with Crippen molar-refractivity contribution in [3.8, 4) is 87.8 Å². The first kappa shape index (κ1) is 83.6. The van der Waals surface area contributed by atoms with Crippen molar-refractivity contribution in [3.63, 3.8) is 0 Å². The van der Waals surface area contributed by atoms with Crippen molar-refractivity contribution in [1.29, 1.82) is 0 Å². The standard InChI is InChI=1S/C24H15BrF2O.C24H15F2IO.C24H16F2O.C22H12F2O.C4H9.Li/c25-16-17-28-24-3-1-2-20(10-4-18-5-11-21(26)12-6-18)23(24)15-9-19-7-13-22(27)14-8-19;25-21-11-5-18(6-12-21)4-10-20-2-1-3-24(28-17-16-27)23(20)15-9-19-7-13-22(26)14-8-19;25-17-8-4-15(5-9-17)14-21-19-2-1-3-22-24(19)20(12-13-27-22)23(21)16-6-10-18(26)11-7-16;23-18-10-5-15(6-11-18)4-7-16-2-1-3-21-20(16)14-22(25-21)17-8-12-19(24)13-9-17;1-3-4-2;/h2*1-3,5-8,11-14H,16-17H2;1-11,14H,12-13H2;1-3,5-6,8-14H;1,3-4H2,2H3;/q;;;;-1;+1. The number of allylic oxidation sites excluding steroid dienone is 2. The molecular weight excluding hydrogens is 1610 g/mol. The fourth-order valence-electron chi connectivity index (χ4n) is 11.3. The predicted octanol–water partition coefficient (Wildman–Crippen LogP) is 21.7. The topological polar surface area (TPSA) is 40.8 Å². The van der Waals surface area contributed by atoms with Gasteiger partial charge >= 0.3 is 18.9 Å². The third kappa shape index (κ3) is 24.1. The second-order valence-corrected chi connectivity index (χ2v) is 26.5. The first-order chi connectivity index (χ1) is 54.6. The van der Waals surface area contributed by atoms with Gasteiger partial charge in [-0.2, -0.15) is 6.42 Å². The number of rotatable bonds is 10. The van der Waals surface area contributed by atoms with Gasteiger partial charge < -0.3 is 25.6 Å². The molecule has 1 aliphatic heterocycles. The summed E-state index contributed by atoms with van der Waals surface area (Å²) in [4.78, 5) is 0. The maximum Gasteiger partial charge on any atom is 1.00 e. The molecule has 0 atom stereocenters. The van der Waals surface area contributed by atoms with E-state index in [1.807, 2.05) is 84.9 Å². The van der Waals surface area contributed by atoms with Gasteiger partial charge in [0.2, 0.25) is 0 Å². The number of hydrogen-bond acceptors (Lipinski definition) is 4. The average Bonchev–Trinajstić information content (AvgIpc) is 1.58. The SMILES string of the molecule is Fc1ccc(C#Cc2cccc(OCCBr)c2C#Cc2ccc(F)cc2)cc1.Fc1ccc(C#Cc2cccc(OCCI)c2C#Cc2ccc(F)cc2)cc1.Fc1ccc(C#Cc2cccc3oc(-c4ccc(F)cc4)cc23)cc1.Fc1ccc(C=C2C(c3ccc(F)cc3)=C3CCOc4cccc2c43)cc1.[CH2-]CCC.[Li+]. The molecule has 1 aromatic heterocycles. The molecular formula is C98H67BrF8ILiO4. The summed E-state index contributed by atoms with van der Waals surface area (Å²) in [5, 5.41) is 1.57. The zero-order valence-electron chi connectivity index (χ0n) is 61.3. The second-order valence-electron chi connectivity index (χ2n) is 24.7.